The van der Waals surface area contributed by atoms with E-state index in [1.54, 1.807) is 44.3 Å². The van der Waals surface area contributed by atoms with Crippen LogP contribution < -0.4 is 11.1 Å². The Bertz CT molecular complexity index is 926. The van der Waals surface area contributed by atoms with E-state index >= 15 is 0 Å². The molecule has 0 aromatic carbocycles. The smallest absolute Gasteiger partial charge is 0.412 e. The Morgan fingerprint density at radius 1 is 1.35 bits per heavy atom. The van der Waals surface area contributed by atoms with E-state index in [0.29, 0.717) is 34.1 Å². The molecule has 0 fully saturated rings. The molecule has 0 aliphatic carbocycles. The van der Waals surface area contributed by atoms with E-state index in [-0.39, 0.29) is 5.15 Å². The minimum Gasteiger partial charge on any atom is -0.441 e. The Kier molecular flexibility index (Phi) is 5.04. The Labute approximate surface area is 154 Å². The van der Waals surface area contributed by atoms with Crippen LogP contribution in [-0.4, -0.2) is 21.2 Å². The molecule has 1 amide bonds. The van der Waals surface area contributed by atoms with Gasteiger partial charge in [0.2, 0.25) is 5.76 Å². The minimum atomic E-state index is -0.680. The lowest BCUT2D eigenvalue weighted by Gasteiger charge is -2.15. The second-order valence-corrected chi connectivity index (χ2v) is 5.86. The van der Waals surface area contributed by atoms with Crippen LogP contribution in [-0.2, 0) is 4.74 Å². The van der Waals surface area contributed by atoms with Crippen molar-refractivity contribution in [1.82, 2.24) is 15.1 Å². The number of nitrogens with one attached hydrogen (secondary N) is 1. The zero-order chi connectivity index (χ0) is 18.7. The van der Waals surface area contributed by atoms with Gasteiger partial charge < -0.3 is 15.0 Å². The van der Waals surface area contributed by atoms with Gasteiger partial charge in [0.15, 0.2) is 0 Å². The van der Waals surface area contributed by atoms with Crippen molar-refractivity contribution in [2.75, 3.05) is 11.1 Å². The van der Waals surface area contributed by atoms with Gasteiger partial charge >= 0.3 is 6.09 Å². The number of amides is 1. The van der Waals surface area contributed by atoms with Gasteiger partial charge in [0.1, 0.15) is 28.3 Å². The molecule has 0 aliphatic rings. The molecule has 3 heterocycles. The van der Waals surface area contributed by atoms with E-state index in [2.05, 4.69) is 20.4 Å². The van der Waals surface area contributed by atoms with Crippen molar-refractivity contribution in [3.8, 4) is 11.5 Å². The summed E-state index contributed by atoms with van der Waals surface area (Å²) < 4.78 is 10.6. The predicted molar refractivity (Wildman–Crippen MR) is 96.6 cm³/mol. The molecule has 0 spiro atoms. The van der Waals surface area contributed by atoms with Crippen LogP contribution in [0.15, 0.2) is 41.2 Å². The van der Waals surface area contributed by atoms with Gasteiger partial charge in [0, 0.05) is 11.8 Å². The first-order valence-corrected chi connectivity index (χ1v) is 8.09. The number of nitrogens with zero attached hydrogens (tertiary/aromatic N) is 3. The minimum absolute atomic E-state index is 0.278. The molecular weight excluding hydrogens is 358 g/mol. The van der Waals surface area contributed by atoms with Gasteiger partial charge in [0.25, 0.3) is 0 Å². The molecule has 3 aromatic rings. The van der Waals surface area contributed by atoms with Gasteiger partial charge in [-0.25, -0.2) is 9.78 Å². The average molecular weight is 374 g/mol. The molecule has 0 aliphatic heterocycles. The van der Waals surface area contributed by atoms with E-state index in [4.69, 9.17) is 26.6 Å². The molecule has 3 aromatic heterocycles. The third-order valence-electron chi connectivity index (χ3n) is 3.62. The van der Waals surface area contributed by atoms with Crippen molar-refractivity contribution >= 4 is 29.1 Å². The van der Waals surface area contributed by atoms with Crippen molar-refractivity contribution in [2.24, 2.45) is 0 Å². The first-order valence-electron chi connectivity index (χ1n) is 7.72. The number of carbonyl (C=O) groups is 1. The highest BCUT2D eigenvalue weighted by molar-refractivity contribution is 6.30. The number of ether oxygens (including phenoxy) is 1. The summed E-state index contributed by atoms with van der Waals surface area (Å²) in [5.74, 6) is 0.312. The van der Waals surface area contributed by atoms with Gasteiger partial charge in [-0.3, -0.25) is 10.3 Å². The number of anilines is 2. The highest BCUT2D eigenvalue weighted by Gasteiger charge is 2.21. The van der Waals surface area contributed by atoms with Crippen LogP contribution in [0.1, 0.15) is 24.3 Å². The second kappa shape index (κ2) is 7.40. The van der Waals surface area contributed by atoms with Gasteiger partial charge in [0.05, 0.1) is 11.9 Å². The maximum Gasteiger partial charge on any atom is 0.412 e. The Hall–Kier alpha value is -3.13. The van der Waals surface area contributed by atoms with Crippen molar-refractivity contribution < 1.29 is 14.1 Å². The first-order chi connectivity index (χ1) is 12.5. The summed E-state index contributed by atoms with van der Waals surface area (Å²) in [4.78, 5) is 20.4. The zero-order valence-corrected chi connectivity index (χ0v) is 14.8. The van der Waals surface area contributed by atoms with E-state index in [0.717, 1.165) is 0 Å². The van der Waals surface area contributed by atoms with Crippen LogP contribution in [0.25, 0.3) is 11.5 Å². The Morgan fingerprint density at radius 2 is 2.15 bits per heavy atom. The SMILES string of the molecule is Cc1noc(-c2ccc(N)cn2)c1NC(=O)O[C@H](C)c1cccnc1Cl. The van der Waals surface area contributed by atoms with Crippen LogP contribution in [0.5, 0.6) is 0 Å². The molecule has 0 saturated heterocycles. The number of rotatable bonds is 4. The lowest BCUT2D eigenvalue weighted by molar-refractivity contribution is 0.121. The van der Waals surface area contributed by atoms with Crippen molar-refractivity contribution in [1.29, 1.82) is 0 Å². The average Bonchev–Trinajstić information content (AvgIpc) is 2.96. The van der Waals surface area contributed by atoms with Crippen LogP contribution in [0, 0.1) is 6.92 Å². The fourth-order valence-corrected chi connectivity index (χ4v) is 2.56. The number of nitrogens with two attached hydrogens (primary N) is 1. The topological polar surface area (TPSA) is 116 Å². The summed E-state index contributed by atoms with van der Waals surface area (Å²) in [6.45, 7) is 3.40. The molecular formula is C17H16ClN5O3. The fourth-order valence-electron chi connectivity index (χ4n) is 2.29. The molecule has 3 rings (SSSR count). The highest BCUT2D eigenvalue weighted by atomic mass is 35.5. The largest absolute Gasteiger partial charge is 0.441 e. The van der Waals surface area contributed by atoms with E-state index in [1.807, 2.05) is 0 Å². The first kappa shape index (κ1) is 17.7. The molecule has 0 saturated carbocycles. The van der Waals surface area contributed by atoms with E-state index < -0.39 is 12.2 Å². The number of carbonyl (C=O) groups excluding carboxylic acids is 1. The number of hydrogen-bond acceptors (Lipinski definition) is 7. The fraction of sp³-hybridized carbons (Fsp3) is 0.176. The van der Waals surface area contributed by atoms with Gasteiger partial charge in [-0.05, 0) is 32.0 Å². The maximum atomic E-state index is 12.3. The van der Waals surface area contributed by atoms with E-state index in [9.17, 15) is 4.79 Å². The number of pyridine rings is 2. The number of aromatic nitrogens is 3. The third-order valence-corrected chi connectivity index (χ3v) is 3.93. The predicted octanol–water partition coefficient (Wildman–Crippen LogP) is 3.99. The number of aryl methyl sites for hydroxylation is 1. The molecule has 9 heteroatoms. The lowest BCUT2D eigenvalue weighted by atomic mass is 10.2. The molecule has 26 heavy (non-hydrogen) atoms. The monoisotopic (exact) mass is 373 g/mol. The molecule has 0 unspecified atom stereocenters. The number of halogens is 1. The zero-order valence-electron chi connectivity index (χ0n) is 14.1. The van der Waals surface area contributed by atoms with Crippen LogP contribution in [0.2, 0.25) is 5.15 Å². The van der Waals surface area contributed by atoms with Crippen LogP contribution in [0.4, 0.5) is 16.2 Å². The van der Waals surface area contributed by atoms with Gasteiger partial charge in [-0.1, -0.05) is 22.8 Å². The normalized spacial score (nSPS) is 11.8. The van der Waals surface area contributed by atoms with Crippen molar-refractivity contribution in [3.05, 3.63) is 53.1 Å². The number of nitrogen functional groups attached to an aromatic ring is 1. The summed E-state index contributed by atoms with van der Waals surface area (Å²) in [6.07, 6.45) is 1.78. The molecule has 8 nitrogen and oxygen atoms in total. The van der Waals surface area contributed by atoms with Crippen molar-refractivity contribution in [2.45, 2.75) is 20.0 Å². The summed E-state index contributed by atoms with van der Waals surface area (Å²) in [6, 6.07) is 6.80. The molecule has 0 bridgehead atoms. The number of hydrogen-bond donors (Lipinski definition) is 2. The Balaban J connectivity index is 1.77. The molecule has 0 radical (unpaired) electrons. The van der Waals surface area contributed by atoms with Crippen molar-refractivity contribution in [3.63, 3.8) is 0 Å². The lowest BCUT2D eigenvalue weighted by Crippen LogP contribution is -2.17. The highest BCUT2D eigenvalue weighted by Crippen LogP contribution is 2.30. The summed E-state index contributed by atoms with van der Waals surface area (Å²) in [7, 11) is 0. The Morgan fingerprint density at radius 3 is 2.85 bits per heavy atom. The van der Waals surface area contributed by atoms with Gasteiger partial charge in [-0.15, -0.1) is 0 Å². The van der Waals surface area contributed by atoms with Gasteiger partial charge in [-0.2, -0.15) is 0 Å². The maximum absolute atomic E-state index is 12.3. The summed E-state index contributed by atoms with van der Waals surface area (Å²) >= 11 is 6.02. The molecule has 3 N–H and O–H groups in total. The second-order valence-electron chi connectivity index (χ2n) is 5.50. The van der Waals surface area contributed by atoms with Crippen LogP contribution >= 0.6 is 11.6 Å². The summed E-state index contributed by atoms with van der Waals surface area (Å²) in [5, 5.41) is 6.79. The molecule has 134 valence electrons. The summed E-state index contributed by atoms with van der Waals surface area (Å²) in [5.41, 5.74) is 8.10. The van der Waals surface area contributed by atoms with Crippen LogP contribution in [0.3, 0.4) is 0 Å². The third kappa shape index (κ3) is 3.75. The standard InChI is InChI=1S/C17H16ClN5O3/c1-9-14(15(26-23-9)13-6-5-11(19)8-21-13)22-17(24)25-10(2)12-4-3-7-20-16(12)18/h3-8,10H,19H2,1-2H3,(H,22,24)/t10-/m1/s1. The van der Waals surface area contributed by atoms with E-state index in [1.165, 1.54) is 6.20 Å². The molecule has 1 atom stereocenters. The quantitative estimate of drug-likeness (QED) is 0.664.